The Morgan fingerprint density at radius 3 is 1.95 bits per heavy atom. The predicted octanol–water partition coefficient (Wildman–Crippen LogP) is 3.40. The fraction of sp³-hybridized carbons (Fsp3) is 1.00. The molecule has 3 heteroatoms. The largest absolute Gasteiger partial charge is 0.376 e. The van der Waals surface area contributed by atoms with Crippen molar-refractivity contribution in [1.29, 1.82) is 0 Å². The second-order valence-corrected chi connectivity index (χ2v) is 7.44. The van der Waals surface area contributed by atoms with Crippen LogP contribution in [0.15, 0.2) is 0 Å². The topological polar surface area (TPSA) is 24.5 Å². The molecule has 1 rings (SSSR count). The van der Waals surface area contributed by atoms with Crippen LogP contribution in [0.2, 0.25) is 0 Å². The van der Waals surface area contributed by atoms with Gasteiger partial charge >= 0.3 is 0 Å². The normalized spacial score (nSPS) is 17.2. The minimum Gasteiger partial charge on any atom is -0.376 e. The molecule has 1 aliphatic rings. The van der Waals surface area contributed by atoms with Crippen molar-refractivity contribution in [1.82, 2.24) is 10.2 Å². The molecule has 0 spiro atoms. The van der Waals surface area contributed by atoms with Gasteiger partial charge in [-0.15, -0.1) is 0 Å². The summed E-state index contributed by atoms with van der Waals surface area (Å²) < 4.78 is 5.85. The Morgan fingerprint density at radius 2 is 1.60 bits per heavy atom. The van der Waals surface area contributed by atoms with E-state index in [0.717, 1.165) is 32.0 Å². The van der Waals surface area contributed by atoms with Crippen LogP contribution in [0.25, 0.3) is 0 Å². The highest BCUT2D eigenvalue weighted by Crippen LogP contribution is 2.20. The van der Waals surface area contributed by atoms with Crippen LogP contribution in [0.3, 0.4) is 0 Å². The molecular formula is C17H38N2O. The van der Waals surface area contributed by atoms with Gasteiger partial charge in [-0.3, -0.25) is 0 Å². The van der Waals surface area contributed by atoms with Crippen LogP contribution in [-0.4, -0.2) is 50.3 Å². The minimum absolute atomic E-state index is 0.0586. The van der Waals surface area contributed by atoms with Crippen LogP contribution in [0.5, 0.6) is 0 Å². The molecule has 0 atom stereocenters. The average molecular weight is 287 g/mol. The van der Waals surface area contributed by atoms with E-state index in [0.29, 0.717) is 5.92 Å². The Balaban J connectivity index is 0.000000428. The highest BCUT2D eigenvalue weighted by Gasteiger charge is 2.19. The van der Waals surface area contributed by atoms with Crippen molar-refractivity contribution in [2.24, 2.45) is 11.8 Å². The Bertz CT molecular complexity index is 221. The third-order valence-electron chi connectivity index (χ3n) is 3.43. The molecule has 20 heavy (non-hydrogen) atoms. The highest BCUT2D eigenvalue weighted by atomic mass is 16.5. The van der Waals surface area contributed by atoms with Gasteiger partial charge in [-0.2, -0.15) is 0 Å². The molecule has 122 valence electrons. The molecule has 3 nitrogen and oxygen atoms in total. The highest BCUT2D eigenvalue weighted by molar-refractivity contribution is 4.70. The number of nitrogens with zero attached hydrogens (tertiary/aromatic N) is 1. The number of nitrogens with one attached hydrogen (secondary N) is 1. The van der Waals surface area contributed by atoms with Crippen molar-refractivity contribution >= 4 is 0 Å². The van der Waals surface area contributed by atoms with Crippen LogP contribution in [0.1, 0.15) is 54.4 Å². The lowest BCUT2D eigenvalue weighted by atomic mass is 9.96. The van der Waals surface area contributed by atoms with Crippen LogP contribution in [0.4, 0.5) is 0 Å². The molecule has 1 aliphatic heterocycles. The molecule has 0 unspecified atom stereocenters. The lowest BCUT2D eigenvalue weighted by molar-refractivity contribution is -0.0353. The number of likely N-dealkylation sites (N-methyl/N-ethyl adjacent to an activating group) is 1. The maximum Gasteiger partial charge on any atom is 0.0628 e. The van der Waals surface area contributed by atoms with Crippen LogP contribution < -0.4 is 5.32 Å². The number of hydrogen-bond acceptors (Lipinski definition) is 3. The summed E-state index contributed by atoms with van der Waals surface area (Å²) in [5.41, 5.74) is 0.0586. The van der Waals surface area contributed by atoms with E-state index in [1.54, 1.807) is 0 Å². The first-order valence-corrected chi connectivity index (χ1v) is 8.26. The van der Waals surface area contributed by atoms with Gasteiger partial charge in [0.05, 0.1) is 5.60 Å². The second-order valence-electron chi connectivity index (χ2n) is 7.44. The number of hydrogen-bond donors (Lipinski definition) is 1. The van der Waals surface area contributed by atoms with Gasteiger partial charge in [0, 0.05) is 32.8 Å². The molecule has 1 saturated heterocycles. The maximum atomic E-state index is 5.85. The van der Waals surface area contributed by atoms with Crippen LogP contribution in [-0.2, 0) is 4.74 Å². The molecule has 0 amide bonds. The number of ether oxygens (including phenoxy) is 1. The summed E-state index contributed by atoms with van der Waals surface area (Å²) >= 11 is 0. The maximum absolute atomic E-state index is 5.85. The van der Waals surface area contributed by atoms with Crippen molar-refractivity contribution in [2.75, 3.05) is 39.8 Å². The van der Waals surface area contributed by atoms with E-state index in [9.17, 15) is 0 Å². The van der Waals surface area contributed by atoms with Crippen molar-refractivity contribution in [3.8, 4) is 0 Å². The van der Waals surface area contributed by atoms with Gasteiger partial charge in [0.1, 0.15) is 0 Å². The molecule has 0 aromatic rings. The molecule has 0 radical (unpaired) electrons. The van der Waals surface area contributed by atoms with E-state index in [1.807, 2.05) is 0 Å². The molecule has 0 aromatic carbocycles. The van der Waals surface area contributed by atoms with Crippen LogP contribution in [0, 0.1) is 11.8 Å². The van der Waals surface area contributed by atoms with Gasteiger partial charge in [-0.25, -0.2) is 0 Å². The first kappa shape index (κ1) is 19.9. The van der Waals surface area contributed by atoms with E-state index >= 15 is 0 Å². The van der Waals surface area contributed by atoms with E-state index in [-0.39, 0.29) is 5.60 Å². The lowest BCUT2D eigenvalue weighted by Crippen LogP contribution is -2.40. The van der Waals surface area contributed by atoms with Crippen molar-refractivity contribution in [3.05, 3.63) is 0 Å². The molecule has 0 aliphatic carbocycles. The van der Waals surface area contributed by atoms with E-state index in [2.05, 4.69) is 58.8 Å². The monoisotopic (exact) mass is 286 g/mol. The minimum atomic E-state index is 0.0586. The summed E-state index contributed by atoms with van der Waals surface area (Å²) in [6.45, 7) is 19.0. The fourth-order valence-electron chi connectivity index (χ4n) is 2.39. The first-order chi connectivity index (χ1) is 9.23. The third-order valence-corrected chi connectivity index (χ3v) is 3.43. The molecular weight excluding hydrogens is 248 g/mol. The molecule has 0 aromatic heterocycles. The second kappa shape index (κ2) is 10.6. The molecule has 1 heterocycles. The summed E-state index contributed by atoms with van der Waals surface area (Å²) in [5.74, 6) is 1.46. The Labute approximate surface area is 127 Å². The van der Waals surface area contributed by atoms with Crippen molar-refractivity contribution < 1.29 is 4.74 Å². The number of rotatable bonds is 6. The zero-order valence-corrected chi connectivity index (χ0v) is 15.0. The van der Waals surface area contributed by atoms with Gasteiger partial charge in [0.25, 0.3) is 0 Å². The third kappa shape index (κ3) is 12.9. The first-order valence-electron chi connectivity index (χ1n) is 8.26. The van der Waals surface area contributed by atoms with E-state index in [1.165, 1.54) is 19.5 Å². The lowest BCUT2D eigenvalue weighted by Gasteiger charge is -2.27. The Hall–Kier alpha value is -0.120. The summed E-state index contributed by atoms with van der Waals surface area (Å²) in [6.07, 6.45) is 2.31. The summed E-state index contributed by atoms with van der Waals surface area (Å²) in [4.78, 5) is 2.33. The van der Waals surface area contributed by atoms with Gasteiger partial charge in [0.2, 0.25) is 0 Å². The summed E-state index contributed by atoms with van der Waals surface area (Å²) in [7, 11) is 2.15. The van der Waals surface area contributed by atoms with Crippen molar-refractivity contribution in [3.63, 3.8) is 0 Å². The van der Waals surface area contributed by atoms with E-state index in [4.69, 9.17) is 4.74 Å². The SMILES string of the molecule is CC(C)CCOC(C)(C)CC(C)C.CN1CCNCC1. The molecule has 1 N–H and O–H groups in total. The zero-order valence-electron chi connectivity index (χ0n) is 15.0. The summed E-state index contributed by atoms with van der Waals surface area (Å²) in [6, 6.07) is 0. The quantitative estimate of drug-likeness (QED) is 0.810. The average Bonchev–Trinajstić information content (AvgIpc) is 2.28. The van der Waals surface area contributed by atoms with Crippen LogP contribution >= 0.6 is 0 Å². The Kier molecular flexibility index (Phi) is 10.5. The van der Waals surface area contributed by atoms with Gasteiger partial charge < -0.3 is 15.0 Å². The smallest absolute Gasteiger partial charge is 0.0628 e. The van der Waals surface area contributed by atoms with Crippen molar-refractivity contribution in [2.45, 2.75) is 60.0 Å². The predicted molar refractivity (Wildman–Crippen MR) is 89.3 cm³/mol. The fourth-order valence-corrected chi connectivity index (χ4v) is 2.39. The zero-order chi connectivity index (χ0) is 15.6. The molecule has 1 fully saturated rings. The van der Waals surface area contributed by atoms with Gasteiger partial charge in [-0.1, -0.05) is 27.7 Å². The van der Waals surface area contributed by atoms with Gasteiger partial charge in [0.15, 0.2) is 0 Å². The molecule has 0 saturated carbocycles. The standard InChI is InChI=1S/C12H26O.C5H12N2/c1-10(2)7-8-13-12(5,6)9-11(3)4;1-7-4-2-6-3-5-7/h10-11H,7-9H2,1-6H3;6H,2-5H2,1H3. The van der Waals surface area contributed by atoms with Gasteiger partial charge in [-0.05, 0) is 45.6 Å². The molecule has 0 bridgehead atoms. The number of piperazine rings is 1. The van der Waals surface area contributed by atoms with E-state index < -0.39 is 0 Å². The summed E-state index contributed by atoms with van der Waals surface area (Å²) in [5, 5.41) is 3.27. The Morgan fingerprint density at radius 1 is 1.05 bits per heavy atom.